The van der Waals surface area contributed by atoms with Crippen molar-refractivity contribution in [3.63, 3.8) is 0 Å². The number of carbonyl (C=O) groups excluding carboxylic acids is 2. The quantitative estimate of drug-likeness (QED) is 0.705. The van der Waals surface area contributed by atoms with Crippen molar-refractivity contribution in [3.05, 3.63) is 0 Å². The first-order valence-electron chi connectivity index (χ1n) is 5.30. The zero-order valence-electron chi connectivity index (χ0n) is 9.80. The van der Waals surface area contributed by atoms with E-state index in [-0.39, 0.29) is 12.5 Å². The number of amides is 2. The van der Waals surface area contributed by atoms with Crippen LogP contribution in [0.1, 0.15) is 13.3 Å². The average Bonchev–Trinajstić information content (AvgIpc) is 2.59. The molecule has 1 fully saturated rings. The molecule has 0 bridgehead atoms. The van der Waals surface area contributed by atoms with E-state index >= 15 is 0 Å². The van der Waals surface area contributed by atoms with Crippen molar-refractivity contribution in [2.45, 2.75) is 19.4 Å². The van der Waals surface area contributed by atoms with E-state index in [0.717, 1.165) is 13.5 Å². The van der Waals surface area contributed by atoms with E-state index in [4.69, 9.17) is 5.11 Å². The zero-order chi connectivity index (χ0) is 13.0. The summed E-state index contributed by atoms with van der Waals surface area (Å²) in [4.78, 5) is 34.7. The van der Waals surface area contributed by atoms with E-state index in [1.54, 1.807) is 4.90 Å². The van der Waals surface area contributed by atoms with E-state index in [9.17, 15) is 14.4 Å². The Morgan fingerprint density at radius 3 is 2.65 bits per heavy atom. The van der Waals surface area contributed by atoms with Crippen LogP contribution in [0.15, 0.2) is 0 Å². The van der Waals surface area contributed by atoms with E-state index in [2.05, 4.69) is 4.74 Å². The number of methoxy groups -OCH3 is 1. The van der Waals surface area contributed by atoms with Gasteiger partial charge in [0.15, 0.2) is 0 Å². The summed E-state index contributed by atoms with van der Waals surface area (Å²) in [6.07, 6.45) is -0.114. The third kappa shape index (κ3) is 3.42. The minimum absolute atomic E-state index is 0.00146. The number of hydrogen-bond acceptors (Lipinski definition) is 5. The Bertz CT molecular complexity index is 331. The third-order valence-electron chi connectivity index (χ3n) is 2.83. The Hall–Kier alpha value is -1.63. The second-order valence-corrected chi connectivity index (χ2v) is 4.06. The number of ether oxygens (including phenoxy) is 1. The Morgan fingerprint density at radius 2 is 2.12 bits per heavy atom. The summed E-state index contributed by atoms with van der Waals surface area (Å²) in [6.45, 7) is 2.25. The molecule has 0 saturated carbocycles. The van der Waals surface area contributed by atoms with Gasteiger partial charge in [0, 0.05) is 0 Å². The Morgan fingerprint density at radius 1 is 1.47 bits per heavy atom. The van der Waals surface area contributed by atoms with Crippen LogP contribution >= 0.6 is 0 Å². The molecule has 1 rings (SSSR count). The molecule has 2 atom stereocenters. The minimum Gasteiger partial charge on any atom is -0.480 e. The molecule has 1 aliphatic heterocycles. The van der Waals surface area contributed by atoms with Gasteiger partial charge in [0.05, 0.1) is 13.7 Å². The van der Waals surface area contributed by atoms with Crippen LogP contribution in [0.25, 0.3) is 0 Å². The minimum atomic E-state index is -0.944. The largest absolute Gasteiger partial charge is 0.480 e. The van der Waals surface area contributed by atoms with Gasteiger partial charge in [-0.05, 0) is 18.9 Å². The lowest BCUT2D eigenvalue weighted by atomic mass is 10.0. The van der Waals surface area contributed by atoms with Crippen LogP contribution in [-0.4, -0.2) is 54.2 Å². The Balaban J connectivity index is 2.53. The van der Waals surface area contributed by atoms with E-state index in [1.807, 2.05) is 12.2 Å². The number of carboxylic acids is 1. The van der Waals surface area contributed by atoms with Gasteiger partial charge in [0.1, 0.15) is 6.04 Å². The fourth-order valence-corrected chi connectivity index (χ4v) is 1.99. The van der Waals surface area contributed by atoms with Gasteiger partial charge in [-0.25, -0.2) is 4.79 Å². The predicted molar refractivity (Wildman–Crippen MR) is 57.3 cm³/mol. The lowest BCUT2D eigenvalue weighted by molar-refractivity contribution is -0.143. The van der Waals surface area contributed by atoms with Crippen molar-refractivity contribution in [2.24, 2.45) is 5.92 Å². The van der Waals surface area contributed by atoms with Crippen molar-refractivity contribution in [3.8, 4) is 0 Å². The molecule has 7 nitrogen and oxygen atoms in total. The number of hydrogen-bond donors (Lipinski definition) is 2. The summed E-state index contributed by atoms with van der Waals surface area (Å²) in [6, 6.07) is -0.668. The van der Waals surface area contributed by atoms with Crippen LogP contribution in [0, 0.1) is 5.92 Å². The summed E-state index contributed by atoms with van der Waals surface area (Å²) in [5.74, 6) is -1.50. The molecule has 96 valence electrons. The molecule has 0 aliphatic carbocycles. The highest BCUT2D eigenvalue weighted by Gasteiger charge is 2.37. The van der Waals surface area contributed by atoms with Crippen molar-refractivity contribution < 1.29 is 24.2 Å². The fraction of sp³-hybridized carbons (Fsp3) is 0.700. The first-order chi connectivity index (χ1) is 7.95. The Kier molecular flexibility index (Phi) is 4.45. The number of likely N-dealkylation sites (tertiary alicyclic amines) is 1. The highest BCUT2D eigenvalue weighted by Crippen LogP contribution is 2.23. The van der Waals surface area contributed by atoms with E-state index < -0.39 is 24.0 Å². The maximum absolute atomic E-state index is 11.4. The summed E-state index contributed by atoms with van der Waals surface area (Å²) in [5.41, 5.74) is 0. The average molecular weight is 244 g/mol. The number of imide groups is 1. The summed E-state index contributed by atoms with van der Waals surface area (Å²) < 4.78 is 4.28. The molecule has 0 aromatic rings. The molecule has 0 aromatic carbocycles. The van der Waals surface area contributed by atoms with Gasteiger partial charge < -0.3 is 9.84 Å². The van der Waals surface area contributed by atoms with Gasteiger partial charge in [-0.3, -0.25) is 19.8 Å². The number of carbonyl (C=O) groups is 3. The molecule has 1 aliphatic rings. The molecule has 1 heterocycles. The molecule has 0 radical (unpaired) electrons. The fourth-order valence-electron chi connectivity index (χ4n) is 1.99. The standard InChI is InChI=1S/C10H16N2O5/c1-6-3-4-12(8(6)9(14)15)5-7(13)11-10(16)17-2/h6,8H,3-5H2,1-2H3,(H,14,15)(H,11,13,16). The molecule has 2 unspecified atom stereocenters. The molecule has 0 spiro atoms. The summed E-state index contributed by atoms with van der Waals surface area (Å²) >= 11 is 0. The molecule has 7 heteroatoms. The van der Waals surface area contributed by atoms with Gasteiger partial charge in [-0.2, -0.15) is 0 Å². The zero-order valence-corrected chi connectivity index (χ0v) is 9.80. The number of nitrogens with one attached hydrogen (secondary N) is 1. The lowest BCUT2D eigenvalue weighted by Crippen LogP contribution is -2.45. The van der Waals surface area contributed by atoms with Crippen LogP contribution in [0.2, 0.25) is 0 Å². The van der Waals surface area contributed by atoms with Crippen molar-refractivity contribution in [1.82, 2.24) is 10.2 Å². The summed E-state index contributed by atoms with van der Waals surface area (Å²) in [5, 5.41) is 11.0. The number of carboxylic acid groups (broad SMARTS) is 1. The van der Waals surface area contributed by atoms with Crippen LogP contribution in [0.3, 0.4) is 0 Å². The van der Waals surface area contributed by atoms with Gasteiger partial charge in [0.25, 0.3) is 0 Å². The monoisotopic (exact) mass is 244 g/mol. The van der Waals surface area contributed by atoms with Crippen LogP contribution in [0.5, 0.6) is 0 Å². The smallest absolute Gasteiger partial charge is 0.413 e. The molecule has 17 heavy (non-hydrogen) atoms. The van der Waals surface area contributed by atoms with Crippen LogP contribution in [-0.2, 0) is 14.3 Å². The van der Waals surface area contributed by atoms with Gasteiger partial charge >= 0.3 is 12.1 Å². The molecule has 1 saturated heterocycles. The topological polar surface area (TPSA) is 95.9 Å². The third-order valence-corrected chi connectivity index (χ3v) is 2.83. The first kappa shape index (κ1) is 13.4. The maximum Gasteiger partial charge on any atom is 0.413 e. The number of nitrogens with zero attached hydrogens (tertiary/aromatic N) is 1. The van der Waals surface area contributed by atoms with Gasteiger partial charge in [0.2, 0.25) is 5.91 Å². The van der Waals surface area contributed by atoms with E-state index in [1.165, 1.54) is 0 Å². The maximum atomic E-state index is 11.4. The Labute approximate surface area is 98.7 Å². The number of alkyl carbamates (subject to hydrolysis) is 1. The first-order valence-corrected chi connectivity index (χ1v) is 5.30. The van der Waals surface area contributed by atoms with Gasteiger partial charge in [-0.15, -0.1) is 0 Å². The highest BCUT2D eigenvalue weighted by atomic mass is 16.5. The van der Waals surface area contributed by atoms with Gasteiger partial charge in [-0.1, -0.05) is 6.92 Å². The van der Waals surface area contributed by atoms with Crippen LogP contribution in [0.4, 0.5) is 4.79 Å². The van der Waals surface area contributed by atoms with E-state index in [0.29, 0.717) is 6.54 Å². The van der Waals surface area contributed by atoms with Crippen molar-refractivity contribution >= 4 is 18.0 Å². The molecule has 2 amide bonds. The van der Waals surface area contributed by atoms with Crippen LogP contribution < -0.4 is 5.32 Å². The second kappa shape index (κ2) is 5.62. The SMILES string of the molecule is COC(=O)NC(=O)CN1CCC(C)C1C(=O)O. The normalized spacial score (nSPS) is 24.4. The number of rotatable bonds is 3. The van der Waals surface area contributed by atoms with Crippen molar-refractivity contribution in [2.75, 3.05) is 20.2 Å². The molecular weight excluding hydrogens is 228 g/mol. The summed E-state index contributed by atoms with van der Waals surface area (Å²) in [7, 11) is 1.15. The predicted octanol–water partition coefficient (Wildman–Crippen LogP) is -0.336. The molecular formula is C10H16N2O5. The van der Waals surface area contributed by atoms with Crippen molar-refractivity contribution in [1.29, 1.82) is 0 Å². The second-order valence-electron chi connectivity index (χ2n) is 4.06. The highest BCUT2D eigenvalue weighted by molar-refractivity contribution is 5.93. The number of aliphatic carboxylic acids is 1. The molecule has 2 N–H and O–H groups in total. The lowest BCUT2D eigenvalue weighted by Gasteiger charge is -2.21. The molecule has 0 aromatic heterocycles.